The molecule has 0 spiro atoms. The van der Waals surface area contributed by atoms with Gasteiger partial charge in [-0.25, -0.2) is 4.79 Å². The van der Waals surface area contributed by atoms with Gasteiger partial charge in [-0.2, -0.15) is 0 Å². The van der Waals surface area contributed by atoms with Crippen LogP contribution in [0.2, 0.25) is 0 Å². The van der Waals surface area contributed by atoms with Crippen LogP contribution in [0.3, 0.4) is 0 Å². The monoisotopic (exact) mass is 171 g/mol. The number of nitrogens with zero attached hydrogens (tertiary/aromatic N) is 1. The van der Waals surface area contributed by atoms with Crippen LogP contribution in [0.25, 0.3) is 0 Å². The number of carbonyl (C=O) groups is 1. The fourth-order valence-corrected chi connectivity index (χ4v) is 1.30. The summed E-state index contributed by atoms with van der Waals surface area (Å²) in [6, 6.07) is 0. The molecule has 0 aromatic carbocycles. The Hall–Kier alpha value is -1.03. The summed E-state index contributed by atoms with van der Waals surface area (Å²) in [5.74, 6) is 0. The fraction of sp³-hybridized carbons (Fsp3) is 0.625. The molecule has 1 aliphatic rings. The minimum Gasteiger partial charge on any atom is -0.465 e. The van der Waals surface area contributed by atoms with Gasteiger partial charge in [0.05, 0.1) is 12.6 Å². The molecule has 1 amide bonds. The second kappa shape index (κ2) is 2.79. The number of rotatable bonds is 1. The van der Waals surface area contributed by atoms with E-state index in [4.69, 9.17) is 9.84 Å². The number of carboxylic acid groups (broad SMARTS) is 1. The fourth-order valence-electron chi connectivity index (χ4n) is 1.30. The van der Waals surface area contributed by atoms with E-state index in [1.54, 1.807) is 19.9 Å². The van der Waals surface area contributed by atoms with E-state index in [2.05, 4.69) is 6.58 Å². The maximum Gasteiger partial charge on any atom is 0.409 e. The molecule has 68 valence electrons. The van der Waals surface area contributed by atoms with Crippen LogP contribution in [0.1, 0.15) is 13.8 Å². The molecule has 0 aliphatic carbocycles. The summed E-state index contributed by atoms with van der Waals surface area (Å²) in [7, 11) is 0. The van der Waals surface area contributed by atoms with E-state index in [1.165, 1.54) is 4.90 Å². The molecule has 4 nitrogen and oxygen atoms in total. The quantitative estimate of drug-likeness (QED) is 0.605. The molecule has 1 fully saturated rings. The van der Waals surface area contributed by atoms with Crippen LogP contribution in [0, 0.1) is 0 Å². The van der Waals surface area contributed by atoms with E-state index in [0.717, 1.165) is 0 Å². The molecule has 12 heavy (non-hydrogen) atoms. The van der Waals surface area contributed by atoms with Gasteiger partial charge >= 0.3 is 6.09 Å². The van der Waals surface area contributed by atoms with Gasteiger partial charge < -0.3 is 9.84 Å². The van der Waals surface area contributed by atoms with Crippen LogP contribution in [-0.4, -0.2) is 34.5 Å². The highest BCUT2D eigenvalue weighted by Gasteiger charge is 2.41. The van der Waals surface area contributed by atoms with Crippen molar-refractivity contribution in [2.45, 2.75) is 25.7 Å². The highest BCUT2D eigenvalue weighted by atomic mass is 16.5. The van der Waals surface area contributed by atoms with Crippen LogP contribution in [0.15, 0.2) is 12.7 Å². The molecule has 1 aliphatic heterocycles. The Morgan fingerprint density at radius 2 is 2.42 bits per heavy atom. The van der Waals surface area contributed by atoms with Gasteiger partial charge in [-0.15, -0.1) is 6.58 Å². The Bertz CT molecular complexity index is 212. The molecular formula is C8H13NO3. The standard InChI is InChI=1S/C8H13NO3/c1-4-6-5-9(7(10)11)8(2,3)12-6/h4,6H,1,5H2,2-3H3,(H,10,11). The normalized spacial score (nSPS) is 27.2. The Balaban J connectivity index is 2.76. The van der Waals surface area contributed by atoms with Crippen LogP contribution in [-0.2, 0) is 4.74 Å². The molecule has 1 heterocycles. The summed E-state index contributed by atoms with van der Waals surface area (Å²) in [4.78, 5) is 12.0. The zero-order valence-electron chi connectivity index (χ0n) is 7.28. The maximum atomic E-state index is 10.7. The summed E-state index contributed by atoms with van der Waals surface area (Å²) in [5, 5.41) is 8.77. The summed E-state index contributed by atoms with van der Waals surface area (Å²) >= 11 is 0. The highest BCUT2D eigenvalue weighted by molar-refractivity contribution is 5.66. The van der Waals surface area contributed by atoms with Crippen LogP contribution in [0.4, 0.5) is 4.79 Å². The van der Waals surface area contributed by atoms with Crippen LogP contribution in [0.5, 0.6) is 0 Å². The summed E-state index contributed by atoms with van der Waals surface area (Å²) in [5.41, 5.74) is -0.731. The van der Waals surface area contributed by atoms with Gasteiger partial charge in [0.25, 0.3) is 0 Å². The summed E-state index contributed by atoms with van der Waals surface area (Å²) < 4.78 is 5.40. The van der Waals surface area contributed by atoms with Gasteiger partial charge in [-0.1, -0.05) is 6.08 Å². The SMILES string of the molecule is C=CC1CN(C(=O)O)C(C)(C)O1. The first-order valence-corrected chi connectivity index (χ1v) is 3.78. The van der Waals surface area contributed by atoms with Crippen LogP contribution >= 0.6 is 0 Å². The lowest BCUT2D eigenvalue weighted by molar-refractivity contribution is -0.0551. The minimum absolute atomic E-state index is 0.184. The molecular weight excluding hydrogens is 158 g/mol. The topological polar surface area (TPSA) is 49.8 Å². The molecule has 0 saturated carbocycles. The number of amides is 1. The highest BCUT2D eigenvalue weighted by Crippen LogP contribution is 2.26. The average molecular weight is 171 g/mol. The first-order valence-electron chi connectivity index (χ1n) is 3.78. The molecule has 1 unspecified atom stereocenters. The zero-order chi connectivity index (χ0) is 9.35. The third-order valence-electron chi connectivity index (χ3n) is 1.95. The van der Waals surface area contributed by atoms with E-state index < -0.39 is 11.8 Å². The lowest BCUT2D eigenvalue weighted by Gasteiger charge is -2.26. The Morgan fingerprint density at radius 3 is 2.67 bits per heavy atom. The third-order valence-corrected chi connectivity index (χ3v) is 1.95. The van der Waals surface area contributed by atoms with Crippen molar-refractivity contribution < 1.29 is 14.6 Å². The molecule has 0 radical (unpaired) electrons. The van der Waals surface area contributed by atoms with Crippen molar-refractivity contribution >= 4 is 6.09 Å². The first-order chi connectivity index (χ1) is 5.47. The van der Waals surface area contributed by atoms with E-state index in [0.29, 0.717) is 6.54 Å². The molecule has 1 atom stereocenters. The Morgan fingerprint density at radius 1 is 1.83 bits per heavy atom. The van der Waals surface area contributed by atoms with Gasteiger partial charge in [0.15, 0.2) is 0 Å². The van der Waals surface area contributed by atoms with E-state index in [1.807, 2.05) is 0 Å². The van der Waals surface area contributed by atoms with Crippen molar-refractivity contribution in [3.05, 3.63) is 12.7 Å². The molecule has 1 saturated heterocycles. The van der Waals surface area contributed by atoms with Gasteiger partial charge in [-0.3, -0.25) is 4.90 Å². The van der Waals surface area contributed by atoms with Crippen LogP contribution < -0.4 is 0 Å². The van der Waals surface area contributed by atoms with E-state index in [-0.39, 0.29) is 6.10 Å². The molecule has 1 rings (SSSR count). The van der Waals surface area contributed by atoms with Crippen molar-refractivity contribution in [1.29, 1.82) is 0 Å². The number of ether oxygens (including phenoxy) is 1. The summed E-state index contributed by atoms with van der Waals surface area (Å²) in [6.45, 7) is 7.38. The number of hydrogen-bond donors (Lipinski definition) is 1. The van der Waals surface area contributed by atoms with Crippen molar-refractivity contribution in [1.82, 2.24) is 4.90 Å². The van der Waals surface area contributed by atoms with E-state index >= 15 is 0 Å². The maximum absolute atomic E-state index is 10.7. The summed E-state index contributed by atoms with van der Waals surface area (Å²) in [6.07, 6.45) is 0.477. The van der Waals surface area contributed by atoms with Crippen molar-refractivity contribution in [3.63, 3.8) is 0 Å². The predicted octanol–water partition coefficient (Wildman–Crippen LogP) is 1.29. The molecule has 0 bridgehead atoms. The molecule has 0 aromatic rings. The average Bonchev–Trinajstić information content (AvgIpc) is 2.25. The second-order valence-electron chi connectivity index (χ2n) is 3.23. The predicted molar refractivity (Wildman–Crippen MR) is 43.9 cm³/mol. The Kier molecular flexibility index (Phi) is 2.10. The van der Waals surface area contributed by atoms with Gasteiger partial charge in [-0.05, 0) is 13.8 Å². The minimum atomic E-state index is -0.954. The van der Waals surface area contributed by atoms with Gasteiger partial charge in [0, 0.05) is 0 Å². The van der Waals surface area contributed by atoms with Crippen molar-refractivity contribution in [2.75, 3.05) is 6.54 Å². The van der Waals surface area contributed by atoms with Gasteiger partial charge in [0.2, 0.25) is 0 Å². The largest absolute Gasteiger partial charge is 0.465 e. The molecule has 1 N–H and O–H groups in total. The van der Waals surface area contributed by atoms with E-state index in [9.17, 15) is 4.79 Å². The molecule has 4 heteroatoms. The van der Waals surface area contributed by atoms with Crippen molar-refractivity contribution in [3.8, 4) is 0 Å². The Labute approximate surface area is 71.4 Å². The third kappa shape index (κ3) is 1.43. The lowest BCUT2D eigenvalue weighted by Crippen LogP contribution is -2.42. The molecule has 0 aromatic heterocycles. The lowest BCUT2D eigenvalue weighted by atomic mass is 10.3. The number of hydrogen-bond acceptors (Lipinski definition) is 2. The van der Waals surface area contributed by atoms with Crippen molar-refractivity contribution in [2.24, 2.45) is 0 Å². The smallest absolute Gasteiger partial charge is 0.409 e. The van der Waals surface area contributed by atoms with Gasteiger partial charge in [0.1, 0.15) is 5.72 Å². The first kappa shape index (κ1) is 9.06. The zero-order valence-corrected chi connectivity index (χ0v) is 7.28. The second-order valence-corrected chi connectivity index (χ2v) is 3.23.